The molecule has 2 atom stereocenters. The summed E-state index contributed by atoms with van der Waals surface area (Å²) >= 11 is 0. The van der Waals surface area contributed by atoms with E-state index in [2.05, 4.69) is 39.2 Å². The van der Waals surface area contributed by atoms with Gasteiger partial charge in [0.05, 0.1) is 6.04 Å². The molecule has 1 amide bonds. The molecular weight excluding hydrogens is 316 g/mol. The molecule has 6 heteroatoms. The van der Waals surface area contributed by atoms with Gasteiger partial charge in [-0.05, 0) is 39.8 Å². The topological polar surface area (TPSA) is 67.8 Å². The first-order valence-corrected chi connectivity index (χ1v) is 9.42. The van der Waals surface area contributed by atoms with Gasteiger partial charge in [-0.25, -0.2) is 0 Å². The molecule has 1 saturated heterocycles. The van der Waals surface area contributed by atoms with Crippen molar-refractivity contribution in [2.45, 2.75) is 44.9 Å². The molecule has 1 aliphatic heterocycles. The van der Waals surface area contributed by atoms with E-state index in [0.717, 1.165) is 58.5 Å². The Kier molecular flexibility index (Phi) is 11.4. The third-order valence-electron chi connectivity index (χ3n) is 4.51. The van der Waals surface area contributed by atoms with Crippen molar-refractivity contribution in [3.63, 3.8) is 0 Å². The Morgan fingerprint density at radius 1 is 1.28 bits per heavy atom. The molecule has 1 heterocycles. The molecule has 144 valence electrons. The van der Waals surface area contributed by atoms with E-state index in [1.165, 1.54) is 0 Å². The van der Waals surface area contributed by atoms with Crippen molar-refractivity contribution in [1.82, 2.24) is 20.4 Å². The molecule has 1 fully saturated rings. The van der Waals surface area contributed by atoms with E-state index in [1.54, 1.807) is 0 Å². The van der Waals surface area contributed by atoms with Gasteiger partial charge in [-0.15, -0.1) is 6.58 Å². The van der Waals surface area contributed by atoms with Crippen LogP contribution >= 0.6 is 0 Å². The maximum Gasteiger partial charge on any atom is 0.220 e. The fourth-order valence-corrected chi connectivity index (χ4v) is 2.93. The number of nitrogens with one attached hydrogen (secondary N) is 2. The molecule has 0 aliphatic carbocycles. The highest BCUT2D eigenvalue weighted by Crippen LogP contribution is 2.05. The van der Waals surface area contributed by atoms with Gasteiger partial charge in [0, 0.05) is 39.1 Å². The summed E-state index contributed by atoms with van der Waals surface area (Å²) in [5, 5.41) is 15.8. The van der Waals surface area contributed by atoms with Gasteiger partial charge in [-0.2, -0.15) is 0 Å². The lowest BCUT2D eigenvalue weighted by Gasteiger charge is -2.35. The summed E-state index contributed by atoms with van der Waals surface area (Å²) < 4.78 is 0. The van der Waals surface area contributed by atoms with Crippen LogP contribution in [0.2, 0.25) is 0 Å². The monoisotopic (exact) mass is 352 g/mol. The lowest BCUT2D eigenvalue weighted by Crippen LogP contribution is -2.49. The van der Waals surface area contributed by atoms with Crippen molar-refractivity contribution in [2.24, 2.45) is 0 Å². The van der Waals surface area contributed by atoms with Gasteiger partial charge in [-0.1, -0.05) is 18.2 Å². The van der Waals surface area contributed by atoms with Crippen LogP contribution < -0.4 is 10.6 Å². The van der Waals surface area contributed by atoms with E-state index in [4.69, 9.17) is 0 Å². The maximum atomic E-state index is 12.0. The summed E-state index contributed by atoms with van der Waals surface area (Å²) in [6, 6.07) is 0.0213. The number of hydrogen-bond acceptors (Lipinski definition) is 5. The number of piperazine rings is 1. The number of aliphatic hydroxyl groups excluding tert-OH is 1. The lowest BCUT2D eigenvalue weighted by molar-refractivity contribution is -0.121. The minimum atomic E-state index is -0.363. The third-order valence-corrected chi connectivity index (χ3v) is 4.51. The number of carbonyl (C=O) groups excluding carboxylic acids is 1. The Morgan fingerprint density at radius 3 is 2.60 bits per heavy atom. The van der Waals surface area contributed by atoms with Crippen molar-refractivity contribution < 1.29 is 9.90 Å². The van der Waals surface area contributed by atoms with Crippen LogP contribution in [-0.2, 0) is 4.79 Å². The van der Waals surface area contributed by atoms with Crippen LogP contribution in [0.4, 0.5) is 0 Å². The number of carbonyl (C=O) groups is 1. The molecule has 1 unspecified atom stereocenters. The fraction of sp³-hybridized carbons (Fsp3) is 0.737. The molecule has 0 aromatic rings. The van der Waals surface area contributed by atoms with E-state index >= 15 is 0 Å². The molecule has 0 bridgehead atoms. The van der Waals surface area contributed by atoms with E-state index in [-0.39, 0.29) is 18.2 Å². The second-order valence-corrected chi connectivity index (χ2v) is 6.66. The van der Waals surface area contributed by atoms with Crippen LogP contribution in [0, 0.1) is 0 Å². The van der Waals surface area contributed by atoms with Crippen molar-refractivity contribution >= 4 is 5.91 Å². The molecule has 25 heavy (non-hydrogen) atoms. The summed E-state index contributed by atoms with van der Waals surface area (Å²) in [4.78, 5) is 16.5. The number of rotatable bonds is 12. The van der Waals surface area contributed by atoms with Crippen molar-refractivity contribution in [2.75, 3.05) is 46.3 Å². The van der Waals surface area contributed by atoms with Crippen LogP contribution in [0.1, 0.15) is 32.6 Å². The first kappa shape index (κ1) is 21.8. The minimum Gasteiger partial charge on any atom is -0.379 e. The molecule has 6 nitrogen and oxygen atoms in total. The zero-order valence-electron chi connectivity index (χ0n) is 15.9. The molecule has 0 saturated carbocycles. The van der Waals surface area contributed by atoms with Crippen LogP contribution in [0.3, 0.4) is 0 Å². The molecule has 0 spiro atoms. The van der Waals surface area contributed by atoms with Crippen LogP contribution in [-0.4, -0.2) is 79.4 Å². The molecule has 0 aromatic carbocycles. The number of unbranched alkanes of at least 4 members (excludes halogenated alkanes) is 1. The highest BCUT2D eigenvalue weighted by atomic mass is 16.3. The Bertz CT molecular complexity index is 404. The Hall–Kier alpha value is -1.21. The second kappa shape index (κ2) is 13.1. The highest BCUT2D eigenvalue weighted by molar-refractivity contribution is 5.76. The standard InChI is InChI=1S/C19H36N4O2/c1-4-8-18(21-19(25)10-5-6-11-20-3)9-7-12-22-13-15-23(16-14-22)17(2)24/h4,7,9,17-18,20,24H,1,5-6,8,10-16H2,2-3H3,(H,21,25)/b9-7-/t17-,18?/m0/s1. The van der Waals surface area contributed by atoms with E-state index < -0.39 is 0 Å². The molecule has 3 N–H and O–H groups in total. The summed E-state index contributed by atoms with van der Waals surface area (Å²) in [6.07, 6.45) is 8.94. The minimum absolute atomic E-state index is 0.0213. The smallest absolute Gasteiger partial charge is 0.220 e. The first-order valence-electron chi connectivity index (χ1n) is 9.42. The summed E-state index contributed by atoms with van der Waals surface area (Å²) in [6.45, 7) is 11.1. The van der Waals surface area contributed by atoms with Gasteiger partial charge in [0.1, 0.15) is 6.23 Å². The molecule has 0 aromatic heterocycles. The normalized spacial score (nSPS) is 19.0. The predicted octanol–water partition coefficient (Wildman–Crippen LogP) is 0.949. The van der Waals surface area contributed by atoms with Crippen molar-refractivity contribution in [3.8, 4) is 0 Å². The number of amides is 1. The van der Waals surface area contributed by atoms with Gasteiger partial charge < -0.3 is 15.7 Å². The van der Waals surface area contributed by atoms with Crippen LogP contribution in [0.15, 0.2) is 24.8 Å². The average molecular weight is 353 g/mol. The Balaban J connectivity index is 2.30. The van der Waals surface area contributed by atoms with Gasteiger partial charge in [-0.3, -0.25) is 14.6 Å². The largest absolute Gasteiger partial charge is 0.379 e. The predicted molar refractivity (Wildman–Crippen MR) is 103 cm³/mol. The average Bonchev–Trinajstić information content (AvgIpc) is 2.59. The number of hydrogen-bond donors (Lipinski definition) is 3. The van der Waals surface area contributed by atoms with Gasteiger partial charge in [0.15, 0.2) is 0 Å². The molecule has 0 radical (unpaired) electrons. The van der Waals surface area contributed by atoms with Crippen molar-refractivity contribution in [1.29, 1.82) is 0 Å². The molecule has 1 aliphatic rings. The van der Waals surface area contributed by atoms with Crippen LogP contribution in [0.5, 0.6) is 0 Å². The molecular formula is C19H36N4O2. The van der Waals surface area contributed by atoms with Gasteiger partial charge in [0.25, 0.3) is 0 Å². The quantitative estimate of drug-likeness (QED) is 0.360. The fourth-order valence-electron chi connectivity index (χ4n) is 2.93. The lowest BCUT2D eigenvalue weighted by atomic mass is 10.1. The van der Waals surface area contributed by atoms with Gasteiger partial charge in [0.2, 0.25) is 5.91 Å². The Morgan fingerprint density at radius 2 is 2.00 bits per heavy atom. The van der Waals surface area contributed by atoms with E-state index in [9.17, 15) is 9.90 Å². The van der Waals surface area contributed by atoms with Crippen molar-refractivity contribution in [3.05, 3.63) is 24.8 Å². The number of aliphatic hydroxyl groups is 1. The SMILES string of the molecule is C=CCC(/C=C\CN1CCN([C@H](C)O)CC1)NC(=O)CCCCNC. The van der Waals surface area contributed by atoms with Crippen LogP contribution in [0.25, 0.3) is 0 Å². The summed E-state index contributed by atoms with van der Waals surface area (Å²) in [5.41, 5.74) is 0. The maximum absolute atomic E-state index is 12.0. The van der Waals surface area contributed by atoms with E-state index in [0.29, 0.717) is 6.42 Å². The molecule has 1 rings (SSSR count). The summed E-state index contributed by atoms with van der Waals surface area (Å²) in [5.74, 6) is 0.109. The van der Waals surface area contributed by atoms with E-state index in [1.807, 2.05) is 20.0 Å². The first-order chi connectivity index (χ1) is 12.1. The summed E-state index contributed by atoms with van der Waals surface area (Å²) in [7, 11) is 1.93. The third kappa shape index (κ3) is 9.75. The zero-order chi connectivity index (χ0) is 18.5. The van der Waals surface area contributed by atoms with Gasteiger partial charge >= 0.3 is 0 Å². The second-order valence-electron chi connectivity index (χ2n) is 6.66. The zero-order valence-corrected chi connectivity index (χ0v) is 15.9. The Labute approximate surface area is 152 Å². The number of nitrogens with zero attached hydrogens (tertiary/aromatic N) is 2. The highest BCUT2D eigenvalue weighted by Gasteiger charge is 2.18.